The van der Waals surface area contributed by atoms with E-state index in [0.717, 1.165) is 5.69 Å². The molecule has 1 aromatic carbocycles. The highest BCUT2D eigenvalue weighted by atomic mass is 16.1. The molecule has 0 aliphatic carbocycles. The third kappa shape index (κ3) is 2.97. The smallest absolute Gasteiger partial charge is 0.275 e. The van der Waals surface area contributed by atoms with Gasteiger partial charge in [0, 0.05) is 18.1 Å². The van der Waals surface area contributed by atoms with E-state index >= 15 is 0 Å². The molecule has 5 nitrogen and oxygen atoms in total. The van der Waals surface area contributed by atoms with Gasteiger partial charge in [-0.1, -0.05) is 17.7 Å². The van der Waals surface area contributed by atoms with Gasteiger partial charge >= 0.3 is 0 Å². The minimum Gasteiger partial charge on any atom is -0.319 e. The summed E-state index contributed by atoms with van der Waals surface area (Å²) in [5, 5.41) is 2.75. The van der Waals surface area contributed by atoms with Gasteiger partial charge in [-0.15, -0.1) is 0 Å². The van der Waals surface area contributed by atoms with Crippen LogP contribution in [0.2, 0.25) is 0 Å². The van der Waals surface area contributed by atoms with E-state index in [2.05, 4.69) is 15.3 Å². The predicted molar refractivity (Wildman–Crippen MR) is 80.5 cm³/mol. The van der Waals surface area contributed by atoms with Crippen LogP contribution in [0.4, 0.5) is 5.69 Å². The van der Waals surface area contributed by atoms with Crippen LogP contribution in [0, 0.1) is 6.92 Å². The number of nitrogens with zero attached hydrogens (tertiary/aromatic N) is 3. The molecule has 0 aliphatic heterocycles. The maximum atomic E-state index is 12.1. The zero-order valence-electron chi connectivity index (χ0n) is 11.5. The number of amides is 1. The Balaban J connectivity index is 1.78. The zero-order valence-corrected chi connectivity index (χ0v) is 11.5. The second-order valence-electron chi connectivity index (χ2n) is 4.70. The molecule has 3 aromatic rings. The van der Waals surface area contributed by atoms with Crippen LogP contribution >= 0.6 is 0 Å². The monoisotopic (exact) mass is 278 g/mol. The van der Waals surface area contributed by atoms with Gasteiger partial charge in [0.15, 0.2) is 0 Å². The SMILES string of the molecule is Cc1ccc(-n2cnc(C(=O)Nc3cccnc3)c2)cc1. The molecule has 3 rings (SSSR count). The van der Waals surface area contributed by atoms with Gasteiger partial charge in [-0.3, -0.25) is 9.78 Å². The zero-order chi connectivity index (χ0) is 14.7. The summed E-state index contributed by atoms with van der Waals surface area (Å²) < 4.78 is 1.82. The number of imidazole rings is 1. The summed E-state index contributed by atoms with van der Waals surface area (Å²) in [6.07, 6.45) is 6.58. The van der Waals surface area contributed by atoms with Crippen LogP contribution in [-0.2, 0) is 0 Å². The van der Waals surface area contributed by atoms with Gasteiger partial charge in [-0.2, -0.15) is 0 Å². The lowest BCUT2D eigenvalue weighted by molar-refractivity contribution is 0.102. The Morgan fingerprint density at radius 3 is 2.71 bits per heavy atom. The van der Waals surface area contributed by atoms with Gasteiger partial charge in [0.1, 0.15) is 12.0 Å². The van der Waals surface area contributed by atoms with Crippen molar-refractivity contribution in [1.82, 2.24) is 14.5 Å². The Hall–Kier alpha value is -2.95. The van der Waals surface area contributed by atoms with Crippen molar-refractivity contribution in [2.75, 3.05) is 5.32 Å². The molecule has 0 saturated carbocycles. The Morgan fingerprint density at radius 2 is 2.00 bits per heavy atom. The van der Waals surface area contributed by atoms with Crippen LogP contribution in [0.1, 0.15) is 16.1 Å². The van der Waals surface area contributed by atoms with Crippen molar-refractivity contribution in [2.24, 2.45) is 0 Å². The number of carbonyl (C=O) groups is 1. The molecule has 0 atom stereocenters. The molecule has 5 heteroatoms. The van der Waals surface area contributed by atoms with Crippen molar-refractivity contribution in [3.8, 4) is 5.69 Å². The predicted octanol–water partition coefficient (Wildman–Crippen LogP) is 2.83. The molecule has 2 aromatic heterocycles. The Kier molecular flexibility index (Phi) is 3.47. The van der Waals surface area contributed by atoms with E-state index in [1.165, 1.54) is 5.56 Å². The molecule has 0 radical (unpaired) electrons. The first-order valence-corrected chi connectivity index (χ1v) is 6.55. The number of hydrogen-bond acceptors (Lipinski definition) is 3. The number of aryl methyl sites for hydroxylation is 1. The molecule has 104 valence electrons. The summed E-state index contributed by atoms with van der Waals surface area (Å²) in [6, 6.07) is 11.6. The maximum Gasteiger partial charge on any atom is 0.275 e. The highest BCUT2D eigenvalue weighted by Gasteiger charge is 2.10. The van der Waals surface area contributed by atoms with Crippen LogP contribution < -0.4 is 5.32 Å². The van der Waals surface area contributed by atoms with Crippen molar-refractivity contribution >= 4 is 11.6 Å². The highest BCUT2D eigenvalue weighted by molar-refractivity contribution is 6.02. The summed E-state index contributed by atoms with van der Waals surface area (Å²) in [5.41, 5.74) is 3.16. The molecule has 0 spiro atoms. The highest BCUT2D eigenvalue weighted by Crippen LogP contribution is 2.11. The number of anilines is 1. The number of benzene rings is 1. The Bertz CT molecular complexity index is 747. The van der Waals surface area contributed by atoms with Gasteiger partial charge in [0.05, 0.1) is 11.9 Å². The number of rotatable bonds is 3. The lowest BCUT2D eigenvalue weighted by atomic mass is 10.2. The van der Waals surface area contributed by atoms with Gasteiger partial charge in [-0.25, -0.2) is 4.98 Å². The molecule has 1 N–H and O–H groups in total. The molecule has 21 heavy (non-hydrogen) atoms. The number of pyridine rings is 1. The average Bonchev–Trinajstić information content (AvgIpc) is 2.99. The number of aromatic nitrogens is 3. The molecular weight excluding hydrogens is 264 g/mol. The third-order valence-electron chi connectivity index (χ3n) is 3.07. The first-order chi connectivity index (χ1) is 10.2. The minimum atomic E-state index is -0.256. The molecular formula is C16H14N4O. The summed E-state index contributed by atoms with van der Waals surface area (Å²) in [7, 11) is 0. The minimum absolute atomic E-state index is 0.256. The maximum absolute atomic E-state index is 12.1. The van der Waals surface area contributed by atoms with Crippen LogP contribution in [0.15, 0.2) is 61.3 Å². The van der Waals surface area contributed by atoms with E-state index in [9.17, 15) is 4.79 Å². The van der Waals surface area contributed by atoms with Gasteiger partial charge in [0.2, 0.25) is 0 Å². The second-order valence-corrected chi connectivity index (χ2v) is 4.70. The summed E-state index contributed by atoms with van der Waals surface area (Å²) in [4.78, 5) is 20.2. The van der Waals surface area contributed by atoms with E-state index in [1.54, 1.807) is 37.1 Å². The fraction of sp³-hybridized carbons (Fsp3) is 0.0625. The van der Waals surface area contributed by atoms with Crippen molar-refractivity contribution in [1.29, 1.82) is 0 Å². The van der Waals surface area contributed by atoms with Crippen LogP contribution in [-0.4, -0.2) is 20.4 Å². The van der Waals surface area contributed by atoms with Crippen LogP contribution in [0.25, 0.3) is 5.69 Å². The molecule has 0 aliphatic rings. The fourth-order valence-electron chi connectivity index (χ4n) is 1.93. The van der Waals surface area contributed by atoms with E-state index in [4.69, 9.17) is 0 Å². The first-order valence-electron chi connectivity index (χ1n) is 6.55. The summed E-state index contributed by atoms with van der Waals surface area (Å²) >= 11 is 0. The van der Waals surface area contributed by atoms with Crippen molar-refractivity contribution < 1.29 is 4.79 Å². The van der Waals surface area contributed by atoms with Crippen molar-refractivity contribution in [3.63, 3.8) is 0 Å². The molecule has 0 fully saturated rings. The van der Waals surface area contributed by atoms with E-state index in [1.807, 2.05) is 35.8 Å². The summed E-state index contributed by atoms with van der Waals surface area (Å²) in [5.74, 6) is -0.256. The topological polar surface area (TPSA) is 59.8 Å². The summed E-state index contributed by atoms with van der Waals surface area (Å²) in [6.45, 7) is 2.03. The normalized spacial score (nSPS) is 10.3. The lowest BCUT2D eigenvalue weighted by Crippen LogP contribution is -2.12. The van der Waals surface area contributed by atoms with Gasteiger partial charge < -0.3 is 9.88 Å². The average molecular weight is 278 g/mol. The number of carbonyl (C=O) groups excluding carboxylic acids is 1. The van der Waals surface area contributed by atoms with Crippen LogP contribution in [0.5, 0.6) is 0 Å². The second kappa shape index (κ2) is 5.58. The van der Waals surface area contributed by atoms with Gasteiger partial charge in [-0.05, 0) is 31.2 Å². The largest absolute Gasteiger partial charge is 0.319 e. The van der Waals surface area contributed by atoms with E-state index in [0.29, 0.717) is 11.4 Å². The molecule has 0 bridgehead atoms. The van der Waals surface area contributed by atoms with E-state index in [-0.39, 0.29) is 5.91 Å². The number of nitrogens with one attached hydrogen (secondary N) is 1. The van der Waals surface area contributed by atoms with Gasteiger partial charge in [0.25, 0.3) is 5.91 Å². The van der Waals surface area contributed by atoms with Crippen LogP contribution in [0.3, 0.4) is 0 Å². The van der Waals surface area contributed by atoms with E-state index < -0.39 is 0 Å². The Labute approximate surface area is 122 Å². The molecule has 0 unspecified atom stereocenters. The number of hydrogen-bond donors (Lipinski definition) is 1. The fourth-order valence-corrected chi connectivity index (χ4v) is 1.93. The third-order valence-corrected chi connectivity index (χ3v) is 3.07. The van der Waals surface area contributed by atoms with Crippen molar-refractivity contribution in [2.45, 2.75) is 6.92 Å². The van der Waals surface area contributed by atoms with Crippen molar-refractivity contribution in [3.05, 3.63) is 72.6 Å². The molecule has 2 heterocycles. The quantitative estimate of drug-likeness (QED) is 0.801. The lowest BCUT2D eigenvalue weighted by Gasteiger charge is -2.02. The molecule has 1 amide bonds. The standard InChI is InChI=1S/C16H14N4O/c1-12-4-6-14(7-5-12)20-10-15(18-11-20)16(21)19-13-3-2-8-17-9-13/h2-11H,1H3,(H,19,21). The first kappa shape index (κ1) is 13.1. The Morgan fingerprint density at radius 1 is 1.19 bits per heavy atom. The molecule has 0 saturated heterocycles.